The maximum absolute atomic E-state index is 5.70. The van der Waals surface area contributed by atoms with E-state index in [0.717, 1.165) is 13.0 Å². The molecular weight excluding hydrogens is 254 g/mol. The summed E-state index contributed by atoms with van der Waals surface area (Å²) in [6, 6.07) is 0.304. The Morgan fingerprint density at radius 1 is 1.20 bits per heavy atom. The van der Waals surface area contributed by atoms with Crippen LogP contribution in [-0.2, 0) is 0 Å². The van der Waals surface area contributed by atoms with E-state index in [1.165, 1.54) is 32.1 Å². The van der Waals surface area contributed by atoms with Crippen molar-refractivity contribution in [1.82, 2.24) is 15.0 Å². The van der Waals surface area contributed by atoms with Crippen molar-refractivity contribution in [2.75, 3.05) is 24.2 Å². The van der Waals surface area contributed by atoms with Crippen molar-refractivity contribution in [2.24, 2.45) is 5.41 Å². The fraction of sp³-hybridized carbons (Fsp3) is 0.786. The van der Waals surface area contributed by atoms with E-state index in [1.807, 2.05) is 6.92 Å². The van der Waals surface area contributed by atoms with Crippen LogP contribution in [0, 0.1) is 5.41 Å². The van der Waals surface area contributed by atoms with E-state index in [2.05, 4.69) is 27.2 Å². The van der Waals surface area contributed by atoms with E-state index in [9.17, 15) is 0 Å². The zero-order valence-corrected chi connectivity index (χ0v) is 12.5. The van der Waals surface area contributed by atoms with Crippen LogP contribution in [0.4, 0.5) is 11.9 Å². The van der Waals surface area contributed by atoms with Gasteiger partial charge in [-0.2, -0.15) is 15.0 Å². The molecule has 2 rings (SSSR count). The Morgan fingerprint density at radius 2 is 1.95 bits per heavy atom. The fourth-order valence-corrected chi connectivity index (χ4v) is 2.76. The summed E-state index contributed by atoms with van der Waals surface area (Å²) < 4.78 is 5.42. The Morgan fingerprint density at radius 3 is 2.60 bits per heavy atom. The molecule has 0 radical (unpaired) electrons. The van der Waals surface area contributed by atoms with Crippen LogP contribution < -0.4 is 15.8 Å². The fourth-order valence-electron chi connectivity index (χ4n) is 2.76. The second-order valence-electron chi connectivity index (χ2n) is 5.56. The zero-order chi connectivity index (χ0) is 14.4. The minimum atomic E-state index is 0.200. The number of ether oxygens (including phenoxy) is 1. The number of rotatable bonds is 7. The molecule has 0 aromatic carbocycles. The SMILES string of the molecule is CCCOc1nc(N)nc(NCC2(CC)CCCC2)n1. The van der Waals surface area contributed by atoms with Crippen LogP contribution in [0.25, 0.3) is 0 Å². The van der Waals surface area contributed by atoms with E-state index in [-0.39, 0.29) is 5.95 Å². The first kappa shape index (κ1) is 14.8. The molecular formula is C14H25N5O. The standard InChI is InChI=1S/C14H25N5O/c1-3-9-20-13-18-11(15)17-12(19-13)16-10-14(4-2)7-5-6-8-14/h3-10H2,1-2H3,(H3,15,16,17,18,19). The topological polar surface area (TPSA) is 86.0 Å². The minimum Gasteiger partial charge on any atom is -0.463 e. The lowest BCUT2D eigenvalue weighted by Gasteiger charge is -2.27. The molecule has 0 spiro atoms. The number of aromatic nitrogens is 3. The molecule has 0 amide bonds. The summed E-state index contributed by atoms with van der Waals surface area (Å²) >= 11 is 0. The van der Waals surface area contributed by atoms with Gasteiger partial charge in [-0.05, 0) is 31.1 Å². The molecule has 0 bridgehead atoms. The van der Waals surface area contributed by atoms with Gasteiger partial charge in [0.25, 0.3) is 0 Å². The number of nitrogens with two attached hydrogens (primary N) is 1. The van der Waals surface area contributed by atoms with Gasteiger partial charge < -0.3 is 15.8 Å². The van der Waals surface area contributed by atoms with Crippen LogP contribution in [0.5, 0.6) is 6.01 Å². The molecule has 6 nitrogen and oxygen atoms in total. The maximum Gasteiger partial charge on any atom is 0.323 e. The first-order chi connectivity index (χ1) is 9.67. The van der Waals surface area contributed by atoms with E-state index in [1.54, 1.807) is 0 Å². The smallest absolute Gasteiger partial charge is 0.323 e. The Hall–Kier alpha value is -1.59. The van der Waals surface area contributed by atoms with Crippen molar-refractivity contribution < 1.29 is 4.74 Å². The van der Waals surface area contributed by atoms with Gasteiger partial charge in [-0.1, -0.05) is 26.7 Å². The van der Waals surface area contributed by atoms with Crippen LogP contribution in [0.2, 0.25) is 0 Å². The highest BCUT2D eigenvalue weighted by Crippen LogP contribution is 2.40. The van der Waals surface area contributed by atoms with Crippen molar-refractivity contribution in [3.05, 3.63) is 0 Å². The summed E-state index contributed by atoms with van der Waals surface area (Å²) in [4.78, 5) is 12.4. The average molecular weight is 279 g/mol. The molecule has 0 saturated heterocycles. The van der Waals surface area contributed by atoms with E-state index in [0.29, 0.717) is 24.0 Å². The lowest BCUT2D eigenvalue weighted by atomic mass is 9.83. The molecule has 0 atom stereocenters. The summed E-state index contributed by atoms with van der Waals surface area (Å²) in [6.45, 7) is 5.77. The molecule has 1 saturated carbocycles. The molecule has 1 heterocycles. The highest BCUT2D eigenvalue weighted by molar-refractivity contribution is 5.32. The lowest BCUT2D eigenvalue weighted by molar-refractivity contribution is 0.290. The highest BCUT2D eigenvalue weighted by Gasteiger charge is 2.31. The molecule has 20 heavy (non-hydrogen) atoms. The van der Waals surface area contributed by atoms with Crippen LogP contribution >= 0.6 is 0 Å². The maximum atomic E-state index is 5.70. The molecule has 1 aromatic rings. The normalized spacial score (nSPS) is 17.1. The second-order valence-corrected chi connectivity index (χ2v) is 5.56. The second kappa shape index (κ2) is 6.72. The first-order valence-corrected chi connectivity index (χ1v) is 7.56. The average Bonchev–Trinajstić information content (AvgIpc) is 2.92. The van der Waals surface area contributed by atoms with Crippen molar-refractivity contribution in [3.63, 3.8) is 0 Å². The largest absolute Gasteiger partial charge is 0.463 e. The van der Waals surface area contributed by atoms with Crippen molar-refractivity contribution in [3.8, 4) is 6.01 Å². The van der Waals surface area contributed by atoms with Gasteiger partial charge in [-0.15, -0.1) is 0 Å². The summed E-state index contributed by atoms with van der Waals surface area (Å²) in [5.74, 6) is 0.717. The van der Waals surface area contributed by atoms with Crippen LogP contribution in [0.3, 0.4) is 0 Å². The van der Waals surface area contributed by atoms with Gasteiger partial charge in [0.1, 0.15) is 0 Å². The van der Waals surface area contributed by atoms with E-state index >= 15 is 0 Å². The van der Waals surface area contributed by atoms with Crippen molar-refractivity contribution in [1.29, 1.82) is 0 Å². The third kappa shape index (κ3) is 3.71. The van der Waals surface area contributed by atoms with Crippen molar-refractivity contribution >= 4 is 11.9 Å². The van der Waals surface area contributed by atoms with Crippen molar-refractivity contribution in [2.45, 2.75) is 52.4 Å². The van der Waals surface area contributed by atoms with E-state index in [4.69, 9.17) is 10.5 Å². The minimum absolute atomic E-state index is 0.200. The van der Waals surface area contributed by atoms with Gasteiger partial charge in [-0.3, -0.25) is 0 Å². The zero-order valence-electron chi connectivity index (χ0n) is 12.5. The molecule has 1 aliphatic rings. The molecule has 0 aliphatic heterocycles. The number of anilines is 2. The van der Waals surface area contributed by atoms with Crippen LogP contribution in [0.1, 0.15) is 52.4 Å². The predicted molar refractivity (Wildman–Crippen MR) is 79.7 cm³/mol. The number of nitrogens with zero attached hydrogens (tertiary/aromatic N) is 3. The van der Waals surface area contributed by atoms with Gasteiger partial charge in [0, 0.05) is 6.54 Å². The van der Waals surface area contributed by atoms with Gasteiger partial charge in [-0.25, -0.2) is 0 Å². The number of hydrogen-bond acceptors (Lipinski definition) is 6. The van der Waals surface area contributed by atoms with Gasteiger partial charge >= 0.3 is 6.01 Å². The molecule has 3 N–H and O–H groups in total. The Balaban J connectivity index is 1.99. The summed E-state index contributed by atoms with van der Waals surface area (Å²) in [7, 11) is 0. The highest BCUT2D eigenvalue weighted by atomic mass is 16.5. The summed E-state index contributed by atoms with van der Waals surface area (Å²) in [5, 5.41) is 3.31. The summed E-state index contributed by atoms with van der Waals surface area (Å²) in [5.41, 5.74) is 6.08. The van der Waals surface area contributed by atoms with Crippen LogP contribution in [0.15, 0.2) is 0 Å². The first-order valence-electron chi connectivity index (χ1n) is 7.56. The third-order valence-corrected chi connectivity index (χ3v) is 4.10. The van der Waals surface area contributed by atoms with Crippen LogP contribution in [-0.4, -0.2) is 28.1 Å². The Labute approximate surface area is 120 Å². The van der Waals surface area contributed by atoms with Gasteiger partial charge in [0.2, 0.25) is 11.9 Å². The molecule has 0 unspecified atom stereocenters. The van der Waals surface area contributed by atoms with Gasteiger partial charge in [0.05, 0.1) is 6.61 Å². The Kier molecular flexibility index (Phi) is 4.98. The molecule has 112 valence electrons. The predicted octanol–water partition coefficient (Wildman–Crippen LogP) is 2.62. The number of nitrogen functional groups attached to an aromatic ring is 1. The summed E-state index contributed by atoms with van der Waals surface area (Å²) in [6.07, 6.45) is 7.28. The molecule has 1 aromatic heterocycles. The van der Waals surface area contributed by atoms with Gasteiger partial charge in [0.15, 0.2) is 0 Å². The monoisotopic (exact) mass is 279 g/mol. The lowest BCUT2D eigenvalue weighted by Crippen LogP contribution is -2.26. The quantitative estimate of drug-likeness (QED) is 0.798. The number of hydrogen-bond donors (Lipinski definition) is 2. The number of nitrogens with one attached hydrogen (secondary N) is 1. The molecule has 1 aliphatic carbocycles. The Bertz CT molecular complexity index is 432. The third-order valence-electron chi connectivity index (χ3n) is 4.10. The molecule has 6 heteroatoms. The van der Waals surface area contributed by atoms with E-state index < -0.39 is 0 Å². The molecule has 1 fully saturated rings.